The van der Waals surface area contributed by atoms with Crippen molar-refractivity contribution in [3.8, 4) is 0 Å². The third kappa shape index (κ3) is 3.76. The van der Waals surface area contributed by atoms with E-state index in [9.17, 15) is 13.2 Å². The molecule has 0 aliphatic heterocycles. The van der Waals surface area contributed by atoms with Crippen LogP contribution in [0.5, 0.6) is 0 Å². The average Bonchev–Trinajstić information content (AvgIpc) is 2.33. The van der Waals surface area contributed by atoms with Gasteiger partial charge in [-0.05, 0) is 6.42 Å². The van der Waals surface area contributed by atoms with Crippen molar-refractivity contribution < 1.29 is 13.2 Å². The molecule has 0 aromatic carbocycles. The molecular weight excluding hydrogens is 199 g/mol. The lowest BCUT2D eigenvalue weighted by molar-refractivity contribution is -0.127. The molecule has 0 unspecified atom stereocenters. The smallest absolute Gasteiger partial charge is 0.249 e. The van der Waals surface area contributed by atoms with Crippen molar-refractivity contribution in [2.24, 2.45) is 0 Å². The van der Waals surface area contributed by atoms with Crippen LogP contribution in [0.1, 0.15) is 23.2 Å². The van der Waals surface area contributed by atoms with E-state index in [0.717, 1.165) is 29.1 Å². The fourth-order valence-electron chi connectivity index (χ4n) is 0.963. The Morgan fingerprint density at radius 3 is 2.69 bits per heavy atom. The Labute approximate surface area is 78.6 Å². The van der Waals surface area contributed by atoms with E-state index in [2.05, 4.69) is 4.98 Å². The molecule has 0 spiro atoms. The van der Waals surface area contributed by atoms with Gasteiger partial charge in [0, 0.05) is 11.1 Å². The number of rotatable bonds is 3. The van der Waals surface area contributed by atoms with Crippen LogP contribution in [0.25, 0.3) is 0 Å². The molecule has 1 nitrogen and oxygen atoms in total. The van der Waals surface area contributed by atoms with Crippen LogP contribution in [0, 0.1) is 0 Å². The number of hydrogen-bond acceptors (Lipinski definition) is 2. The molecule has 1 rings (SSSR count). The third-order valence-electron chi connectivity index (χ3n) is 1.45. The first kappa shape index (κ1) is 10.5. The standard InChI is InChI=1S/C8H10F3NS/c1-2-3-6-5-12-7(13-6)4-8(9,10)11/h5H,2-4H2,1H3. The van der Waals surface area contributed by atoms with Crippen LogP contribution in [-0.2, 0) is 12.8 Å². The second kappa shape index (κ2) is 4.09. The molecule has 0 aliphatic rings. The summed E-state index contributed by atoms with van der Waals surface area (Å²) in [7, 11) is 0. The lowest BCUT2D eigenvalue weighted by Gasteiger charge is -2.01. The first-order valence-corrected chi connectivity index (χ1v) is 4.83. The summed E-state index contributed by atoms with van der Waals surface area (Å²) in [5.74, 6) is 0. The van der Waals surface area contributed by atoms with Gasteiger partial charge in [-0.1, -0.05) is 13.3 Å². The highest BCUT2D eigenvalue weighted by molar-refractivity contribution is 7.11. The molecule has 0 radical (unpaired) electrons. The highest BCUT2D eigenvalue weighted by Gasteiger charge is 2.29. The molecule has 0 bridgehead atoms. The highest BCUT2D eigenvalue weighted by atomic mass is 32.1. The Morgan fingerprint density at radius 1 is 1.46 bits per heavy atom. The van der Waals surface area contributed by atoms with E-state index in [0.29, 0.717) is 0 Å². The maximum Gasteiger partial charge on any atom is 0.395 e. The number of aromatic nitrogens is 1. The number of thiazole rings is 1. The largest absolute Gasteiger partial charge is 0.395 e. The second-order valence-electron chi connectivity index (χ2n) is 2.76. The molecule has 74 valence electrons. The van der Waals surface area contributed by atoms with Gasteiger partial charge in [-0.15, -0.1) is 11.3 Å². The molecule has 13 heavy (non-hydrogen) atoms. The van der Waals surface area contributed by atoms with Crippen LogP contribution in [0.3, 0.4) is 0 Å². The van der Waals surface area contributed by atoms with Crippen molar-refractivity contribution in [1.82, 2.24) is 4.98 Å². The predicted octanol–water partition coefficient (Wildman–Crippen LogP) is 3.20. The maximum atomic E-state index is 11.9. The van der Waals surface area contributed by atoms with E-state index in [1.54, 1.807) is 0 Å². The minimum Gasteiger partial charge on any atom is -0.249 e. The summed E-state index contributed by atoms with van der Waals surface area (Å²) in [6.45, 7) is 1.99. The fraction of sp³-hybridized carbons (Fsp3) is 0.625. The summed E-state index contributed by atoms with van der Waals surface area (Å²) < 4.78 is 35.7. The Balaban J connectivity index is 2.59. The minimum atomic E-state index is -4.14. The number of aryl methyl sites for hydroxylation is 1. The van der Waals surface area contributed by atoms with Gasteiger partial charge in [0.25, 0.3) is 0 Å². The van der Waals surface area contributed by atoms with Crippen LogP contribution >= 0.6 is 11.3 Å². The van der Waals surface area contributed by atoms with Gasteiger partial charge in [0.05, 0.1) is 6.42 Å². The molecule has 1 aromatic heterocycles. The van der Waals surface area contributed by atoms with E-state index in [-0.39, 0.29) is 5.01 Å². The van der Waals surface area contributed by atoms with Crippen molar-refractivity contribution in [3.63, 3.8) is 0 Å². The van der Waals surface area contributed by atoms with Crippen LogP contribution in [0.15, 0.2) is 6.20 Å². The number of alkyl halides is 3. The summed E-state index contributed by atoms with van der Waals surface area (Å²) in [5, 5.41) is 0.163. The van der Waals surface area contributed by atoms with Gasteiger partial charge in [-0.3, -0.25) is 0 Å². The van der Waals surface area contributed by atoms with Gasteiger partial charge >= 0.3 is 6.18 Å². The third-order valence-corrected chi connectivity index (χ3v) is 2.51. The molecular formula is C8H10F3NS. The summed E-state index contributed by atoms with van der Waals surface area (Å²) in [6, 6.07) is 0. The average molecular weight is 209 g/mol. The lowest BCUT2D eigenvalue weighted by atomic mass is 10.3. The molecule has 0 amide bonds. The molecule has 0 saturated heterocycles. The van der Waals surface area contributed by atoms with Crippen molar-refractivity contribution >= 4 is 11.3 Å². The highest BCUT2D eigenvalue weighted by Crippen LogP contribution is 2.24. The van der Waals surface area contributed by atoms with Crippen LogP contribution in [-0.4, -0.2) is 11.2 Å². The normalized spacial score (nSPS) is 12.0. The van der Waals surface area contributed by atoms with Gasteiger partial charge in [-0.25, -0.2) is 4.98 Å². The lowest BCUT2D eigenvalue weighted by Crippen LogP contribution is -2.10. The molecule has 0 aliphatic carbocycles. The fourth-order valence-corrected chi connectivity index (χ4v) is 2.02. The van der Waals surface area contributed by atoms with Crippen molar-refractivity contribution in [2.45, 2.75) is 32.4 Å². The Morgan fingerprint density at radius 2 is 2.15 bits per heavy atom. The number of halogens is 3. The second-order valence-corrected chi connectivity index (χ2v) is 3.96. The molecule has 5 heteroatoms. The van der Waals surface area contributed by atoms with E-state index >= 15 is 0 Å². The van der Waals surface area contributed by atoms with Crippen LogP contribution < -0.4 is 0 Å². The summed E-state index contributed by atoms with van der Waals surface area (Å²) in [5.41, 5.74) is 0. The van der Waals surface area contributed by atoms with Crippen molar-refractivity contribution in [3.05, 3.63) is 16.1 Å². The van der Waals surface area contributed by atoms with Gasteiger partial charge in [0.15, 0.2) is 0 Å². The van der Waals surface area contributed by atoms with E-state index in [4.69, 9.17) is 0 Å². The van der Waals surface area contributed by atoms with E-state index in [1.165, 1.54) is 6.20 Å². The van der Waals surface area contributed by atoms with Crippen LogP contribution in [0.2, 0.25) is 0 Å². The maximum absolute atomic E-state index is 11.9. The monoisotopic (exact) mass is 209 g/mol. The van der Waals surface area contributed by atoms with Gasteiger partial charge in [-0.2, -0.15) is 13.2 Å². The van der Waals surface area contributed by atoms with Crippen molar-refractivity contribution in [1.29, 1.82) is 0 Å². The van der Waals surface area contributed by atoms with Gasteiger partial charge in [0.2, 0.25) is 0 Å². The molecule has 0 fully saturated rings. The molecule has 0 N–H and O–H groups in total. The predicted molar refractivity (Wildman–Crippen MR) is 45.9 cm³/mol. The van der Waals surface area contributed by atoms with Gasteiger partial charge < -0.3 is 0 Å². The van der Waals surface area contributed by atoms with Gasteiger partial charge in [0.1, 0.15) is 5.01 Å². The quantitative estimate of drug-likeness (QED) is 0.745. The molecule has 1 heterocycles. The zero-order valence-corrected chi connectivity index (χ0v) is 8.00. The first-order valence-electron chi connectivity index (χ1n) is 4.01. The molecule has 0 atom stereocenters. The minimum absolute atomic E-state index is 0.163. The summed E-state index contributed by atoms with van der Waals surface area (Å²) >= 11 is 1.15. The van der Waals surface area contributed by atoms with E-state index in [1.807, 2.05) is 6.92 Å². The Kier molecular flexibility index (Phi) is 3.30. The topological polar surface area (TPSA) is 12.9 Å². The zero-order chi connectivity index (χ0) is 9.90. The zero-order valence-electron chi connectivity index (χ0n) is 7.19. The Bertz CT molecular complexity index is 267. The van der Waals surface area contributed by atoms with Crippen LogP contribution in [0.4, 0.5) is 13.2 Å². The summed E-state index contributed by atoms with van der Waals surface area (Å²) in [4.78, 5) is 4.65. The summed E-state index contributed by atoms with van der Waals surface area (Å²) in [6.07, 6.45) is -1.75. The Hall–Kier alpha value is -0.580. The van der Waals surface area contributed by atoms with E-state index < -0.39 is 12.6 Å². The molecule has 0 saturated carbocycles. The molecule has 1 aromatic rings. The number of hydrogen-bond donors (Lipinski definition) is 0. The first-order chi connectivity index (χ1) is 6.01. The van der Waals surface area contributed by atoms with Crippen molar-refractivity contribution in [2.75, 3.05) is 0 Å². The number of nitrogens with zero attached hydrogens (tertiary/aromatic N) is 1. The SMILES string of the molecule is CCCc1cnc(CC(F)(F)F)s1.